The van der Waals surface area contributed by atoms with Crippen LogP contribution in [0.15, 0.2) is 18.2 Å². The van der Waals surface area contributed by atoms with Crippen LogP contribution in [0.4, 0.5) is 0 Å². The first-order valence-corrected chi connectivity index (χ1v) is 6.53. The van der Waals surface area contributed by atoms with Crippen molar-refractivity contribution in [3.05, 3.63) is 28.9 Å². The number of primary amides is 1. The third-order valence-electron chi connectivity index (χ3n) is 2.97. The third-order valence-corrected chi connectivity index (χ3v) is 3.30. The largest absolute Gasteiger partial charge is 0.482 e. The first-order chi connectivity index (χ1) is 10.3. The second kappa shape index (κ2) is 7.21. The Morgan fingerprint density at radius 1 is 1.39 bits per heavy atom. The number of ether oxygens (including phenoxy) is 1. The molecule has 0 unspecified atom stereocenters. The fraction of sp³-hybridized carbons (Fsp3) is 0.154. The molecule has 124 valence electrons. The van der Waals surface area contributed by atoms with Gasteiger partial charge in [-0.2, -0.15) is 0 Å². The summed E-state index contributed by atoms with van der Waals surface area (Å²) in [5.41, 5.74) is 11.0. The molecule has 1 aromatic carbocycles. The molecule has 0 bridgehead atoms. The minimum atomic E-state index is -0.623. The van der Waals surface area contributed by atoms with Gasteiger partial charge in [-0.1, -0.05) is 11.6 Å². The van der Waals surface area contributed by atoms with E-state index in [0.717, 1.165) is 4.90 Å². The van der Waals surface area contributed by atoms with Crippen LogP contribution in [0.25, 0.3) is 10.9 Å². The Labute approximate surface area is 142 Å². The molecule has 0 saturated carbocycles. The lowest BCUT2D eigenvalue weighted by atomic mass is 10.2. The molecule has 6 N–H and O–H groups in total. The number of H-pyrrole nitrogens is 1. The van der Waals surface area contributed by atoms with Gasteiger partial charge in [-0.15, -0.1) is 12.4 Å². The van der Waals surface area contributed by atoms with Gasteiger partial charge in [0.15, 0.2) is 12.6 Å². The number of guanidine groups is 1. The Balaban J connectivity index is 0.00000264. The molecule has 0 fully saturated rings. The van der Waals surface area contributed by atoms with E-state index in [1.54, 1.807) is 12.1 Å². The Morgan fingerprint density at radius 2 is 2.04 bits per heavy atom. The van der Waals surface area contributed by atoms with Gasteiger partial charge in [0.2, 0.25) is 0 Å². The summed E-state index contributed by atoms with van der Waals surface area (Å²) >= 11 is 6.09. The highest BCUT2D eigenvalue weighted by Gasteiger charge is 2.19. The van der Waals surface area contributed by atoms with Gasteiger partial charge >= 0.3 is 0 Å². The average molecular weight is 360 g/mol. The van der Waals surface area contributed by atoms with Crippen molar-refractivity contribution in [3.8, 4) is 5.75 Å². The predicted octanol–water partition coefficient (Wildman–Crippen LogP) is 1.07. The average Bonchev–Trinajstić information content (AvgIpc) is 2.90. The number of nitrogens with one attached hydrogen (secondary N) is 2. The summed E-state index contributed by atoms with van der Waals surface area (Å²) in [5.74, 6) is -1.18. The molecule has 0 aliphatic heterocycles. The number of nitrogens with two attached hydrogens (primary N) is 2. The van der Waals surface area contributed by atoms with Crippen molar-refractivity contribution in [2.75, 3.05) is 13.7 Å². The lowest BCUT2D eigenvalue weighted by molar-refractivity contribution is -0.119. The van der Waals surface area contributed by atoms with E-state index < -0.39 is 11.8 Å². The monoisotopic (exact) mass is 359 g/mol. The molecule has 10 heteroatoms. The SMILES string of the molecule is CN(C(=N)N)C(=O)c1cc2c(Cl)ccc(OCC(N)=O)c2[nH]1.Cl. The van der Waals surface area contributed by atoms with Gasteiger partial charge in [0, 0.05) is 12.4 Å². The van der Waals surface area contributed by atoms with E-state index in [-0.39, 0.29) is 30.7 Å². The summed E-state index contributed by atoms with van der Waals surface area (Å²) in [6.07, 6.45) is 0. The van der Waals surface area contributed by atoms with E-state index in [9.17, 15) is 9.59 Å². The number of aromatic amines is 1. The normalized spacial score (nSPS) is 10.0. The van der Waals surface area contributed by atoms with Crippen LogP contribution in [0.5, 0.6) is 5.75 Å². The molecule has 0 atom stereocenters. The van der Waals surface area contributed by atoms with Crippen molar-refractivity contribution < 1.29 is 14.3 Å². The van der Waals surface area contributed by atoms with E-state index in [1.165, 1.54) is 13.1 Å². The van der Waals surface area contributed by atoms with Crippen LogP contribution in [-0.4, -0.2) is 41.3 Å². The summed E-state index contributed by atoms with van der Waals surface area (Å²) in [7, 11) is 1.38. The van der Waals surface area contributed by atoms with Gasteiger partial charge in [0.25, 0.3) is 11.8 Å². The van der Waals surface area contributed by atoms with E-state index in [1.807, 2.05) is 0 Å². The topological polar surface area (TPSA) is 138 Å². The van der Waals surface area contributed by atoms with Crippen molar-refractivity contribution in [1.82, 2.24) is 9.88 Å². The summed E-state index contributed by atoms with van der Waals surface area (Å²) in [5, 5.41) is 8.23. The van der Waals surface area contributed by atoms with Gasteiger partial charge in [-0.3, -0.25) is 19.9 Å². The van der Waals surface area contributed by atoms with E-state index in [4.69, 9.17) is 33.2 Å². The second-order valence-electron chi connectivity index (χ2n) is 4.52. The molecule has 0 aliphatic carbocycles. The number of carbonyl (C=O) groups is 2. The smallest absolute Gasteiger partial charge is 0.276 e. The number of hydrogen-bond donors (Lipinski definition) is 4. The summed E-state index contributed by atoms with van der Waals surface area (Å²) < 4.78 is 5.28. The number of hydrogen-bond acceptors (Lipinski definition) is 4. The first kappa shape index (κ1) is 18.6. The van der Waals surface area contributed by atoms with E-state index >= 15 is 0 Å². The van der Waals surface area contributed by atoms with Gasteiger partial charge in [0.05, 0.1) is 10.5 Å². The van der Waals surface area contributed by atoms with Crippen molar-refractivity contribution in [1.29, 1.82) is 5.41 Å². The van der Waals surface area contributed by atoms with Crippen LogP contribution in [0.3, 0.4) is 0 Å². The van der Waals surface area contributed by atoms with Crippen molar-refractivity contribution in [2.24, 2.45) is 11.5 Å². The van der Waals surface area contributed by atoms with Gasteiger partial charge in [-0.25, -0.2) is 0 Å². The van der Waals surface area contributed by atoms with E-state index in [0.29, 0.717) is 21.7 Å². The van der Waals surface area contributed by atoms with Crippen molar-refractivity contribution >= 4 is 52.7 Å². The molecule has 0 aliphatic rings. The standard InChI is InChI=1S/C13H14ClN5O3.ClH/c1-19(13(16)17)12(21)8-4-6-7(14)2-3-9(11(6)18-8)22-5-10(15)20;/h2-4,18H,5H2,1H3,(H2,15,20)(H3,16,17);1H. The lowest BCUT2D eigenvalue weighted by Gasteiger charge is -2.12. The fourth-order valence-electron chi connectivity index (χ4n) is 1.83. The molecule has 1 aromatic heterocycles. The highest BCUT2D eigenvalue weighted by atomic mass is 35.5. The quantitative estimate of drug-likeness (QED) is 0.478. The van der Waals surface area contributed by atoms with E-state index in [2.05, 4.69) is 4.98 Å². The second-order valence-corrected chi connectivity index (χ2v) is 4.93. The van der Waals surface area contributed by atoms with Crippen molar-refractivity contribution in [3.63, 3.8) is 0 Å². The van der Waals surface area contributed by atoms with Gasteiger partial charge < -0.3 is 21.2 Å². The lowest BCUT2D eigenvalue weighted by Crippen LogP contribution is -2.38. The maximum absolute atomic E-state index is 12.2. The molecule has 0 radical (unpaired) electrons. The molecule has 2 amide bonds. The maximum Gasteiger partial charge on any atom is 0.276 e. The number of benzene rings is 1. The van der Waals surface area contributed by atoms with Gasteiger partial charge in [0.1, 0.15) is 11.4 Å². The zero-order chi connectivity index (χ0) is 16.4. The van der Waals surface area contributed by atoms with Crippen molar-refractivity contribution in [2.45, 2.75) is 0 Å². The minimum Gasteiger partial charge on any atom is -0.482 e. The Morgan fingerprint density at radius 3 is 2.61 bits per heavy atom. The number of rotatable bonds is 4. The number of halogens is 2. The molecule has 2 aromatic rings. The fourth-order valence-corrected chi connectivity index (χ4v) is 2.05. The molecule has 8 nitrogen and oxygen atoms in total. The number of nitrogens with zero attached hydrogens (tertiary/aromatic N) is 1. The molecule has 0 saturated heterocycles. The zero-order valence-corrected chi connectivity index (χ0v) is 13.6. The van der Waals surface area contributed by atoms with Crippen LogP contribution in [-0.2, 0) is 4.79 Å². The zero-order valence-electron chi connectivity index (χ0n) is 12.1. The Hall–Kier alpha value is -2.45. The molecule has 2 rings (SSSR count). The number of amides is 2. The van der Waals surface area contributed by atoms with Crippen LogP contribution in [0.1, 0.15) is 10.5 Å². The first-order valence-electron chi connectivity index (χ1n) is 6.15. The molecule has 0 spiro atoms. The number of carbonyl (C=O) groups excluding carboxylic acids is 2. The summed E-state index contributed by atoms with van der Waals surface area (Å²) in [6, 6.07) is 4.67. The molecular formula is C13H15Cl2N5O3. The summed E-state index contributed by atoms with van der Waals surface area (Å²) in [4.78, 5) is 26.8. The highest BCUT2D eigenvalue weighted by molar-refractivity contribution is 6.35. The minimum absolute atomic E-state index is 0. The van der Waals surface area contributed by atoms with Crippen LogP contribution >= 0.6 is 24.0 Å². The number of fused-ring (bicyclic) bond motifs is 1. The number of aromatic nitrogens is 1. The molecular weight excluding hydrogens is 345 g/mol. The van der Waals surface area contributed by atoms with Gasteiger partial charge in [-0.05, 0) is 18.2 Å². The highest BCUT2D eigenvalue weighted by Crippen LogP contribution is 2.32. The predicted molar refractivity (Wildman–Crippen MR) is 89.3 cm³/mol. The summed E-state index contributed by atoms with van der Waals surface area (Å²) in [6.45, 7) is -0.299. The molecule has 23 heavy (non-hydrogen) atoms. The third kappa shape index (κ3) is 3.85. The van der Waals surface area contributed by atoms with Crippen LogP contribution < -0.4 is 16.2 Å². The maximum atomic E-state index is 12.2. The Bertz CT molecular complexity index is 774. The van der Waals surface area contributed by atoms with Crippen LogP contribution in [0.2, 0.25) is 5.02 Å². The Kier molecular flexibility index (Phi) is 5.83. The van der Waals surface area contributed by atoms with Crippen LogP contribution in [0, 0.1) is 5.41 Å². The molecule has 1 heterocycles.